The van der Waals surface area contributed by atoms with Crippen LogP contribution in [-0.2, 0) is 0 Å². The van der Waals surface area contributed by atoms with Crippen molar-refractivity contribution in [1.82, 2.24) is 20.6 Å². The number of amidine groups is 1. The molecule has 2 aliphatic rings. The van der Waals surface area contributed by atoms with Crippen LogP contribution in [0, 0.1) is 0 Å². The molecule has 124 valence electrons. The highest BCUT2D eigenvalue weighted by molar-refractivity contribution is 7.98. The van der Waals surface area contributed by atoms with Crippen molar-refractivity contribution in [1.29, 1.82) is 0 Å². The van der Waals surface area contributed by atoms with Crippen molar-refractivity contribution in [2.45, 2.75) is 17.7 Å². The molecule has 0 radical (unpaired) electrons. The number of hydrogen-bond acceptors (Lipinski definition) is 7. The lowest BCUT2D eigenvalue weighted by Crippen LogP contribution is -2.26. The van der Waals surface area contributed by atoms with Crippen molar-refractivity contribution >= 4 is 23.5 Å². The van der Waals surface area contributed by atoms with E-state index in [1.165, 1.54) is 29.9 Å². The molecule has 1 saturated heterocycles. The topological polar surface area (TPSA) is 79.3 Å². The number of nitrogens with one attached hydrogen (secondary N) is 1. The molecule has 1 fully saturated rings. The lowest BCUT2D eigenvalue weighted by molar-refractivity contribution is 0.481. The van der Waals surface area contributed by atoms with E-state index in [1.54, 1.807) is 0 Å². The average Bonchev–Trinajstić information content (AvgIpc) is 3.33. The summed E-state index contributed by atoms with van der Waals surface area (Å²) in [6, 6.07) is 13.8. The predicted molar refractivity (Wildman–Crippen MR) is 96.0 cm³/mol. The molecule has 5 rings (SSSR count). The van der Waals surface area contributed by atoms with Gasteiger partial charge in [0.15, 0.2) is 0 Å². The highest BCUT2D eigenvalue weighted by atomic mass is 32.2. The molecule has 2 aromatic carbocycles. The number of rotatable bonds is 3. The quantitative estimate of drug-likeness (QED) is 0.726. The summed E-state index contributed by atoms with van der Waals surface area (Å²) in [6.45, 7) is 1.04. The van der Waals surface area contributed by atoms with Crippen LogP contribution in [0.25, 0.3) is 11.4 Å². The monoisotopic (exact) mass is 350 g/mol. The van der Waals surface area contributed by atoms with Gasteiger partial charge >= 0.3 is 0 Å². The van der Waals surface area contributed by atoms with Gasteiger partial charge in [-0.3, -0.25) is 0 Å². The van der Waals surface area contributed by atoms with Gasteiger partial charge in [-0.05, 0) is 42.0 Å². The van der Waals surface area contributed by atoms with Crippen molar-refractivity contribution in [3.63, 3.8) is 0 Å². The molecule has 1 aromatic heterocycles. The van der Waals surface area contributed by atoms with E-state index < -0.39 is 0 Å². The molecule has 3 heterocycles. The normalized spacial score (nSPS) is 15.5. The molecule has 0 saturated carbocycles. The summed E-state index contributed by atoms with van der Waals surface area (Å²) in [5, 5.41) is 14.0. The fourth-order valence-corrected chi connectivity index (χ4v) is 3.92. The van der Waals surface area contributed by atoms with Gasteiger partial charge in [0.2, 0.25) is 5.82 Å². The van der Waals surface area contributed by atoms with Crippen molar-refractivity contribution in [3.05, 3.63) is 42.5 Å². The maximum atomic E-state index is 6.03. The Bertz CT molecular complexity index is 956. The first kappa shape index (κ1) is 14.5. The molecule has 0 bridgehead atoms. The number of nitrogens with zero attached hydrogens (tertiary/aromatic N) is 5. The summed E-state index contributed by atoms with van der Waals surface area (Å²) in [7, 11) is 0. The number of anilines is 1. The third-order valence-electron chi connectivity index (χ3n) is 4.24. The second-order valence-electron chi connectivity index (χ2n) is 5.85. The van der Waals surface area contributed by atoms with Gasteiger partial charge in [0.1, 0.15) is 17.3 Å². The van der Waals surface area contributed by atoms with Gasteiger partial charge in [-0.2, -0.15) is 9.61 Å². The number of ether oxygens (including phenoxy) is 1. The molecule has 1 N–H and O–H groups in total. The van der Waals surface area contributed by atoms with E-state index in [9.17, 15) is 0 Å². The van der Waals surface area contributed by atoms with E-state index in [0.717, 1.165) is 34.9 Å². The Morgan fingerprint density at radius 2 is 2.08 bits per heavy atom. The van der Waals surface area contributed by atoms with E-state index in [0.29, 0.717) is 5.82 Å². The Balaban J connectivity index is 1.42. The summed E-state index contributed by atoms with van der Waals surface area (Å²) in [5.41, 5.74) is 2.07. The number of tetrazole rings is 1. The standard InChI is InChI=1S/C17H14N6OS/c1-3-11(17-18-21-22-19-17)9-12(4-1)24-13-6-7-14-15(10-13)25-20-16-5-2-8-23(14)16/h1,3-4,6-7,9-10H,2,5,8H2,(H,18,19,21,22). The highest BCUT2D eigenvalue weighted by Crippen LogP contribution is 2.41. The maximum absolute atomic E-state index is 6.03. The van der Waals surface area contributed by atoms with Gasteiger partial charge in [-0.15, -0.1) is 10.2 Å². The lowest BCUT2D eigenvalue weighted by atomic mass is 10.2. The Hall–Kier alpha value is -2.87. The lowest BCUT2D eigenvalue weighted by Gasteiger charge is -2.25. The van der Waals surface area contributed by atoms with E-state index in [1.807, 2.05) is 36.4 Å². The summed E-state index contributed by atoms with van der Waals surface area (Å²) in [5.74, 6) is 3.24. The third-order valence-corrected chi connectivity index (χ3v) is 5.06. The Morgan fingerprint density at radius 1 is 1.12 bits per heavy atom. The van der Waals surface area contributed by atoms with Crippen LogP contribution in [0.2, 0.25) is 0 Å². The van der Waals surface area contributed by atoms with Crippen molar-refractivity contribution in [3.8, 4) is 22.9 Å². The molecule has 3 aromatic rings. The molecule has 0 spiro atoms. The minimum Gasteiger partial charge on any atom is -0.457 e. The summed E-state index contributed by atoms with van der Waals surface area (Å²) >= 11 is 1.52. The van der Waals surface area contributed by atoms with Gasteiger partial charge in [-0.1, -0.05) is 12.1 Å². The van der Waals surface area contributed by atoms with Crippen LogP contribution in [0.4, 0.5) is 5.69 Å². The average molecular weight is 350 g/mol. The summed E-state index contributed by atoms with van der Waals surface area (Å²) in [4.78, 5) is 3.42. The third kappa shape index (κ3) is 2.64. The van der Waals surface area contributed by atoms with Crippen molar-refractivity contribution in [2.75, 3.05) is 11.4 Å². The van der Waals surface area contributed by atoms with Crippen LogP contribution >= 0.6 is 11.9 Å². The molecule has 0 unspecified atom stereocenters. The van der Waals surface area contributed by atoms with Gasteiger partial charge in [0.05, 0.1) is 10.6 Å². The van der Waals surface area contributed by atoms with Crippen LogP contribution < -0.4 is 9.64 Å². The smallest absolute Gasteiger partial charge is 0.204 e. The van der Waals surface area contributed by atoms with Crippen LogP contribution in [0.1, 0.15) is 12.8 Å². The zero-order valence-electron chi connectivity index (χ0n) is 13.2. The number of aromatic amines is 1. The molecule has 8 heteroatoms. The maximum Gasteiger partial charge on any atom is 0.204 e. The van der Waals surface area contributed by atoms with Gasteiger partial charge in [0.25, 0.3) is 0 Å². The van der Waals surface area contributed by atoms with Crippen molar-refractivity contribution < 1.29 is 4.74 Å². The molecule has 0 amide bonds. The van der Waals surface area contributed by atoms with E-state index >= 15 is 0 Å². The molecule has 7 nitrogen and oxygen atoms in total. The van der Waals surface area contributed by atoms with Crippen LogP contribution in [-0.4, -0.2) is 33.0 Å². The van der Waals surface area contributed by atoms with Gasteiger partial charge in [0, 0.05) is 30.5 Å². The predicted octanol–water partition coefficient (Wildman–Crippen LogP) is 3.68. The molecular formula is C17H14N6OS. The first-order valence-corrected chi connectivity index (χ1v) is 8.81. The Labute approximate surface area is 148 Å². The first-order valence-electron chi connectivity index (χ1n) is 8.04. The first-order chi connectivity index (χ1) is 12.4. The number of benzene rings is 2. The number of fused-ring (bicyclic) bond motifs is 3. The fourth-order valence-electron chi connectivity index (χ4n) is 3.09. The van der Waals surface area contributed by atoms with Crippen molar-refractivity contribution in [2.24, 2.45) is 4.40 Å². The molecule has 2 aliphatic heterocycles. The SMILES string of the molecule is c1cc(Oc2ccc3c(c2)SN=C2CCCN23)cc(-c2nn[nH]n2)c1. The fraction of sp³-hybridized carbons (Fsp3) is 0.176. The second-order valence-corrected chi connectivity index (χ2v) is 6.65. The Morgan fingerprint density at radius 3 is 3.00 bits per heavy atom. The van der Waals surface area contributed by atoms with E-state index in [4.69, 9.17) is 4.74 Å². The largest absolute Gasteiger partial charge is 0.457 e. The molecule has 0 aliphatic carbocycles. The summed E-state index contributed by atoms with van der Waals surface area (Å²) in [6.07, 6.45) is 2.23. The van der Waals surface area contributed by atoms with Gasteiger partial charge < -0.3 is 9.64 Å². The zero-order chi connectivity index (χ0) is 16.6. The number of H-pyrrole nitrogens is 1. The highest BCUT2D eigenvalue weighted by Gasteiger charge is 2.26. The van der Waals surface area contributed by atoms with E-state index in [2.05, 4.69) is 36.0 Å². The van der Waals surface area contributed by atoms with Gasteiger partial charge in [-0.25, -0.2) is 0 Å². The van der Waals surface area contributed by atoms with Crippen LogP contribution in [0.3, 0.4) is 0 Å². The molecule has 0 atom stereocenters. The summed E-state index contributed by atoms with van der Waals surface area (Å²) < 4.78 is 10.6. The molecule has 25 heavy (non-hydrogen) atoms. The van der Waals surface area contributed by atoms with E-state index in [-0.39, 0.29) is 0 Å². The minimum absolute atomic E-state index is 0.544. The van der Waals surface area contributed by atoms with Crippen LogP contribution in [0.15, 0.2) is 51.8 Å². The van der Waals surface area contributed by atoms with Crippen LogP contribution in [0.5, 0.6) is 11.5 Å². The zero-order valence-corrected chi connectivity index (χ0v) is 14.0. The Kier molecular flexibility index (Phi) is 3.41. The minimum atomic E-state index is 0.544. The number of hydrogen-bond donors (Lipinski definition) is 1. The molecular weight excluding hydrogens is 336 g/mol. The second kappa shape index (κ2) is 5.89. The number of aromatic nitrogens is 4.